The van der Waals surface area contributed by atoms with Gasteiger partial charge in [0.05, 0.1) is 7.11 Å². The van der Waals surface area contributed by atoms with E-state index in [9.17, 15) is 9.18 Å². The van der Waals surface area contributed by atoms with Crippen molar-refractivity contribution in [3.63, 3.8) is 0 Å². The number of halogens is 1. The number of rotatable bonds is 2. The van der Waals surface area contributed by atoms with Gasteiger partial charge in [-0.25, -0.2) is 9.87 Å². The number of carbonyl (C=O) groups excluding carboxylic acids is 1. The van der Waals surface area contributed by atoms with Gasteiger partial charge in [0.1, 0.15) is 11.5 Å². The lowest BCUT2D eigenvalue weighted by atomic mass is 10.2. The smallest absolute Gasteiger partial charge is 0.291 e. The first kappa shape index (κ1) is 9.67. The average Bonchev–Trinajstić information content (AvgIpc) is 2.63. The van der Waals surface area contributed by atoms with Crippen LogP contribution in [0.25, 0.3) is 10.9 Å². The highest BCUT2D eigenvalue weighted by molar-refractivity contribution is 5.97. The summed E-state index contributed by atoms with van der Waals surface area (Å²) in [5.74, 6) is -0.798. The molecule has 78 valence electrons. The Labute approximate surface area is 85.0 Å². The van der Waals surface area contributed by atoms with Gasteiger partial charge < -0.3 is 4.98 Å². The molecule has 15 heavy (non-hydrogen) atoms. The van der Waals surface area contributed by atoms with Crippen molar-refractivity contribution in [2.45, 2.75) is 0 Å². The van der Waals surface area contributed by atoms with Crippen LogP contribution in [0.3, 0.4) is 0 Å². The summed E-state index contributed by atoms with van der Waals surface area (Å²) in [6.45, 7) is 0. The van der Waals surface area contributed by atoms with Crippen LogP contribution in [-0.4, -0.2) is 18.0 Å². The molecule has 0 atom stereocenters. The molecule has 1 amide bonds. The Hall–Kier alpha value is -1.88. The molecule has 0 aliphatic carbocycles. The molecule has 1 heterocycles. The maximum atomic E-state index is 13.3. The van der Waals surface area contributed by atoms with Gasteiger partial charge in [0, 0.05) is 10.9 Å². The zero-order valence-electron chi connectivity index (χ0n) is 8.00. The molecule has 0 aliphatic heterocycles. The van der Waals surface area contributed by atoms with Crippen LogP contribution in [0, 0.1) is 5.82 Å². The first-order valence-electron chi connectivity index (χ1n) is 4.33. The topological polar surface area (TPSA) is 54.1 Å². The Kier molecular flexibility index (Phi) is 2.39. The number of carbonyl (C=O) groups is 1. The van der Waals surface area contributed by atoms with Crippen LogP contribution in [0.2, 0.25) is 0 Å². The van der Waals surface area contributed by atoms with E-state index >= 15 is 0 Å². The summed E-state index contributed by atoms with van der Waals surface area (Å²) in [7, 11) is 1.33. The molecule has 2 N–H and O–H groups in total. The van der Waals surface area contributed by atoms with E-state index in [4.69, 9.17) is 0 Å². The van der Waals surface area contributed by atoms with Crippen molar-refractivity contribution >= 4 is 16.8 Å². The Morgan fingerprint density at radius 2 is 2.33 bits per heavy atom. The van der Waals surface area contributed by atoms with Crippen LogP contribution in [0.1, 0.15) is 10.5 Å². The van der Waals surface area contributed by atoms with Crippen LogP contribution >= 0.6 is 0 Å². The monoisotopic (exact) mass is 208 g/mol. The Balaban J connectivity index is 2.47. The zero-order valence-corrected chi connectivity index (χ0v) is 8.00. The van der Waals surface area contributed by atoms with E-state index in [1.54, 1.807) is 12.1 Å². The second-order valence-corrected chi connectivity index (χ2v) is 3.02. The fourth-order valence-electron chi connectivity index (χ4n) is 1.39. The number of H-pyrrole nitrogens is 1. The highest BCUT2D eigenvalue weighted by Crippen LogP contribution is 2.18. The molecule has 0 saturated carbocycles. The number of hydrogen-bond acceptors (Lipinski definition) is 2. The largest absolute Gasteiger partial charge is 0.350 e. The molecular weight excluding hydrogens is 199 g/mol. The predicted molar refractivity (Wildman–Crippen MR) is 52.7 cm³/mol. The first-order chi connectivity index (χ1) is 7.22. The molecule has 0 bridgehead atoms. The maximum absolute atomic E-state index is 13.3. The summed E-state index contributed by atoms with van der Waals surface area (Å²) in [4.78, 5) is 18.6. The molecule has 0 unspecified atom stereocenters. The Morgan fingerprint density at radius 3 is 3.00 bits per heavy atom. The summed E-state index contributed by atoms with van der Waals surface area (Å²) >= 11 is 0. The third-order valence-corrected chi connectivity index (χ3v) is 2.05. The van der Waals surface area contributed by atoms with Gasteiger partial charge in [0.25, 0.3) is 5.91 Å². The molecule has 0 radical (unpaired) electrons. The molecule has 1 aromatic heterocycles. The summed E-state index contributed by atoms with van der Waals surface area (Å²) in [5.41, 5.74) is 2.99. The van der Waals surface area contributed by atoms with Crippen molar-refractivity contribution in [2.24, 2.45) is 0 Å². The lowest BCUT2D eigenvalue weighted by Crippen LogP contribution is -2.21. The van der Waals surface area contributed by atoms with Crippen LogP contribution in [0.5, 0.6) is 0 Å². The highest BCUT2D eigenvalue weighted by Gasteiger charge is 2.10. The van der Waals surface area contributed by atoms with E-state index in [2.05, 4.69) is 15.3 Å². The van der Waals surface area contributed by atoms with Crippen molar-refractivity contribution in [3.05, 3.63) is 35.8 Å². The third-order valence-electron chi connectivity index (χ3n) is 2.05. The molecule has 0 aliphatic rings. The maximum Gasteiger partial charge on any atom is 0.291 e. The minimum Gasteiger partial charge on any atom is -0.350 e. The number of benzene rings is 1. The first-order valence-corrected chi connectivity index (χ1v) is 4.33. The number of fused-ring (bicyclic) bond motifs is 1. The number of nitrogens with one attached hydrogen (secondary N) is 2. The lowest BCUT2D eigenvalue weighted by molar-refractivity contribution is 0.0533. The highest BCUT2D eigenvalue weighted by atomic mass is 19.1. The van der Waals surface area contributed by atoms with E-state index in [0.29, 0.717) is 10.9 Å². The Morgan fingerprint density at radius 1 is 1.53 bits per heavy atom. The third kappa shape index (κ3) is 1.69. The summed E-state index contributed by atoms with van der Waals surface area (Å²) in [6.07, 6.45) is 0. The molecule has 0 spiro atoms. The molecule has 5 heteroatoms. The summed E-state index contributed by atoms with van der Waals surface area (Å²) < 4.78 is 13.3. The zero-order chi connectivity index (χ0) is 10.8. The van der Waals surface area contributed by atoms with Gasteiger partial charge in [0.2, 0.25) is 0 Å². The van der Waals surface area contributed by atoms with Crippen molar-refractivity contribution in [1.82, 2.24) is 10.5 Å². The number of hydroxylamine groups is 1. The van der Waals surface area contributed by atoms with E-state index in [0.717, 1.165) is 0 Å². The fraction of sp³-hybridized carbons (Fsp3) is 0.100. The van der Waals surface area contributed by atoms with E-state index in [1.807, 2.05) is 0 Å². The van der Waals surface area contributed by atoms with Crippen LogP contribution in [0.15, 0.2) is 24.3 Å². The SMILES string of the molecule is CONC(=O)c1cc2c(F)cccc2[nH]1. The van der Waals surface area contributed by atoms with Gasteiger partial charge in [-0.15, -0.1) is 0 Å². The van der Waals surface area contributed by atoms with E-state index in [1.165, 1.54) is 19.2 Å². The number of aromatic amines is 1. The lowest BCUT2D eigenvalue weighted by Gasteiger charge is -1.97. The normalized spacial score (nSPS) is 10.5. The van der Waals surface area contributed by atoms with Crippen LogP contribution < -0.4 is 5.48 Å². The van der Waals surface area contributed by atoms with Crippen molar-refractivity contribution in [3.8, 4) is 0 Å². The molecule has 1 aromatic carbocycles. The van der Waals surface area contributed by atoms with Gasteiger partial charge in [0.15, 0.2) is 0 Å². The molecule has 2 aromatic rings. The quantitative estimate of drug-likeness (QED) is 0.736. The average molecular weight is 208 g/mol. The van der Waals surface area contributed by atoms with Crippen LogP contribution in [-0.2, 0) is 4.84 Å². The molecule has 4 nitrogen and oxygen atoms in total. The fourth-order valence-corrected chi connectivity index (χ4v) is 1.39. The number of aromatic nitrogens is 1. The predicted octanol–water partition coefficient (Wildman–Crippen LogP) is 1.60. The second kappa shape index (κ2) is 3.70. The number of hydrogen-bond donors (Lipinski definition) is 2. The van der Waals surface area contributed by atoms with Crippen molar-refractivity contribution in [1.29, 1.82) is 0 Å². The van der Waals surface area contributed by atoms with Gasteiger partial charge in [-0.3, -0.25) is 9.63 Å². The second-order valence-electron chi connectivity index (χ2n) is 3.02. The van der Waals surface area contributed by atoms with E-state index < -0.39 is 5.91 Å². The van der Waals surface area contributed by atoms with Crippen molar-refractivity contribution < 1.29 is 14.0 Å². The molecule has 2 rings (SSSR count). The minimum atomic E-state index is -0.437. The molecule has 0 saturated heterocycles. The van der Waals surface area contributed by atoms with E-state index in [-0.39, 0.29) is 11.5 Å². The van der Waals surface area contributed by atoms with Gasteiger partial charge in [-0.05, 0) is 18.2 Å². The van der Waals surface area contributed by atoms with Gasteiger partial charge >= 0.3 is 0 Å². The standard InChI is InChI=1S/C10H9FN2O2/c1-15-13-10(14)9-5-6-7(11)3-2-4-8(6)12-9/h2-5,12H,1H3,(H,13,14). The van der Waals surface area contributed by atoms with Gasteiger partial charge in [-0.2, -0.15) is 0 Å². The van der Waals surface area contributed by atoms with Crippen molar-refractivity contribution in [2.75, 3.05) is 7.11 Å². The summed E-state index contributed by atoms with van der Waals surface area (Å²) in [5, 5.41) is 0.388. The van der Waals surface area contributed by atoms with Crippen LogP contribution in [0.4, 0.5) is 4.39 Å². The minimum absolute atomic E-state index is 0.261. The molecule has 0 fully saturated rings. The molecular formula is C10H9FN2O2. The van der Waals surface area contributed by atoms with Gasteiger partial charge in [-0.1, -0.05) is 6.07 Å². The Bertz CT molecular complexity index is 507. The summed E-state index contributed by atoms with van der Waals surface area (Å²) in [6, 6.07) is 6.06. The number of amides is 1.